The molecule has 2 N–H and O–H groups in total. The van der Waals surface area contributed by atoms with Crippen LogP contribution in [0.5, 0.6) is 0 Å². The van der Waals surface area contributed by atoms with Crippen LogP contribution in [-0.2, 0) is 10.0 Å². The van der Waals surface area contributed by atoms with Gasteiger partial charge in [-0.1, -0.05) is 12.5 Å². The minimum atomic E-state index is -3.90. The van der Waals surface area contributed by atoms with Gasteiger partial charge in [-0.05, 0) is 42.7 Å². The van der Waals surface area contributed by atoms with Gasteiger partial charge in [-0.15, -0.1) is 0 Å². The number of hydrogen-bond donors (Lipinski definition) is 2. The zero-order valence-corrected chi connectivity index (χ0v) is 16.2. The van der Waals surface area contributed by atoms with Gasteiger partial charge in [-0.2, -0.15) is 4.31 Å². The molecule has 1 aliphatic rings. The summed E-state index contributed by atoms with van der Waals surface area (Å²) in [4.78, 5) is 30.5. The van der Waals surface area contributed by atoms with Gasteiger partial charge in [0.25, 0.3) is 0 Å². The van der Waals surface area contributed by atoms with Crippen molar-refractivity contribution >= 4 is 26.9 Å². The zero-order valence-electron chi connectivity index (χ0n) is 15.4. The molecule has 150 valence electrons. The van der Waals surface area contributed by atoms with Crippen molar-refractivity contribution in [3.63, 3.8) is 0 Å². The zero-order chi connectivity index (χ0) is 20.6. The highest BCUT2D eigenvalue weighted by molar-refractivity contribution is 7.89. The SMILES string of the molecule is O=C(O)c1c[nH]c2ccc(S(=O)(=O)N3CCCCC3c3cccnc3)cc2c1=O. The Balaban J connectivity index is 1.81. The highest BCUT2D eigenvalue weighted by Gasteiger charge is 2.34. The number of hydrogen-bond acceptors (Lipinski definition) is 5. The van der Waals surface area contributed by atoms with Crippen LogP contribution in [0.4, 0.5) is 0 Å². The van der Waals surface area contributed by atoms with E-state index in [-0.39, 0.29) is 16.3 Å². The van der Waals surface area contributed by atoms with E-state index in [0.717, 1.165) is 24.6 Å². The number of carboxylic acid groups (broad SMARTS) is 1. The van der Waals surface area contributed by atoms with E-state index in [0.29, 0.717) is 18.5 Å². The van der Waals surface area contributed by atoms with Crippen LogP contribution < -0.4 is 5.43 Å². The molecule has 0 spiro atoms. The molecule has 4 rings (SSSR count). The maximum absolute atomic E-state index is 13.4. The van der Waals surface area contributed by atoms with Crippen molar-refractivity contribution in [3.05, 3.63) is 70.3 Å². The second-order valence-electron chi connectivity index (χ2n) is 6.96. The van der Waals surface area contributed by atoms with E-state index < -0.39 is 27.0 Å². The summed E-state index contributed by atoms with van der Waals surface area (Å²) < 4.78 is 28.3. The maximum atomic E-state index is 13.4. The largest absolute Gasteiger partial charge is 0.477 e. The van der Waals surface area contributed by atoms with Crippen LogP contribution in [0.1, 0.15) is 41.2 Å². The van der Waals surface area contributed by atoms with Gasteiger partial charge in [-0.25, -0.2) is 13.2 Å². The van der Waals surface area contributed by atoms with E-state index in [9.17, 15) is 18.0 Å². The summed E-state index contributed by atoms with van der Waals surface area (Å²) in [5.74, 6) is -1.37. The van der Waals surface area contributed by atoms with Crippen LogP contribution in [0.15, 0.2) is 58.6 Å². The summed E-state index contributed by atoms with van der Waals surface area (Å²) in [7, 11) is -3.90. The number of pyridine rings is 2. The van der Waals surface area contributed by atoms with E-state index in [1.54, 1.807) is 18.5 Å². The number of fused-ring (bicyclic) bond motifs is 1. The molecule has 3 aromatic rings. The predicted octanol–water partition coefficient (Wildman–Crippen LogP) is 2.54. The van der Waals surface area contributed by atoms with Gasteiger partial charge in [-0.3, -0.25) is 9.78 Å². The summed E-state index contributed by atoms with van der Waals surface area (Å²) in [6.07, 6.45) is 6.76. The molecule has 3 heterocycles. The lowest BCUT2D eigenvalue weighted by atomic mass is 9.99. The molecule has 2 aromatic heterocycles. The number of carboxylic acids is 1. The first-order valence-electron chi connectivity index (χ1n) is 9.20. The Morgan fingerprint density at radius 3 is 2.79 bits per heavy atom. The minimum absolute atomic E-state index is 0.0286. The number of rotatable bonds is 4. The third kappa shape index (κ3) is 3.43. The number of H-pyrrole nitrogens is 1. The second-order valence-corrected chi connectivity index (χ2v) is 8.85. The molecule has 9 heteroatoms. The van der Waals surface area contributed by atoms with Crippen molar-refractivity contribution in [1.29, 1.82) is 0 Å². The number of benzene rings is 1. The van der Waals surface area contributed by atoms with Gasteiger partial charge in [0.05, 0.1) is 10.9 Å². The summed E-state index contributed by atoms with van der Waals surface area (Å²) in [5.41, 5.74) is 0.0491. The van der Waals surface area contributed by atoms with Crippen LogP contribution in [0.25, 0.3) is 10.9 Å². The lowest BCUT2D eigenvalue weighted by molar-refractivity contribution is 0.0695. The predicted molar refractivity (Wildman–Crippen MR) is 106 cm³/mol. The van der Waals surface area contributed by atoms with Crippen molar-refractivity contribution in [2.45, 2.75) is 30.2 Å². The van der Waals surface area contributed by atoms with Gasteiger partial charge in [0, 0.05) is 36.0 Å². The average Bonchev–Trinajstić information content (AvgIpc) is 2.74. The van der Waals surface area contributed by atoms with Crippen molar-refractivity contribution in [3.8, 4) is 0 Å². The lowest BCUT2D eigenvalue weighted by Crippen LogP contribution is -2.38. The molecule has 0 saturated carbocycles. The summed E-state index contributed by atoms with van der Waals surface area (Å²) in [5, 5.41) is 9.20. The van der Waals surface area contributed by atoms with E-state index in [1.165, 1.54) is 22.5 Å². The van der Waals surface area contributed by atoms with Crippen LogP contribution in [0.3, 0.4) is 0 Å². The first-order valence-corrected chi connectivity index (χ1v) is 10.6. The third-order valence-corrected chi connectivity index (χ3v) is 7.12. The smallest absolute Gasteiger partial charge is 0.341 e. The number of sulfonamides is 1. The van der Waals surface area contributed by atoms with Crippen LogP contribution in [-0.4, -0.2) is 40.3 Å². The summed E-state index contributed by atoms with van der Waals surface area (Å²) in [6, 6.07) is 7.47. The Morgan fingerprint density at radius 2 is 2.07 bits per heavy atom. The quantitative estimate of drug-likeness (QED) is 0.678. The standard InChI is InChI=1S/C20H19N3O5S/c24-19-15-10-14(6-7-17(15)22-12-16(19)20(25)26)29(27,28)23-9-2-1-5-18(23)13-4-3-8-21-11-13/h3-4,6-8,10-12,18H,1-2,5,9H2,(H,22,24)(H,25,26). The number of carbonyl (C=O) groups is 1. The van der Waals surface area contributed by atoms with Gasteiger partial charge >= 0.3 is 5.97 Å². The van der Waals surface area contributed by atoms with Crippen LogP contribution >= 0.6 is 0 Å². The monoisotopic (exact) mass is 413 g/mol. The average molecular weight is 413 g/mol. The van der Waals surface area contributed by atoms with Crippen molar-refractivity contribution in [2.75, 3.05) is 6.54 Å². The van der Waals surface area contributed by atoms with Crippen LogP contribution in [0.2, 0.25) is 0 Å². The van der Waals surface area contributed by atoms with E-state index in [4.69, 9.17) is 5.11 Å². The molecule has 0 amide bonds. The first kappa shape index (κ1) is 19.3. The normalized spacial score (nSPS) is 18.0. The number of nitrogens with one attached hydrogen (secondary N) is 1. The van der Waals surface area contributed by atoms with E-state index >= 15 is 0 Å². The minimum Gasteiger partial charge on any atom is -0.477 e. The lowest BCUT2D eigenvalue weighted by Gasteiger charge is -2.34. The second kappa shape index (κ2) is 7.41. The highest BCUT2D eigenvalue weighted by Crippen LogP contribution is 2.35. The maximum Gasteiger partial charge on any atom is 0.341 e. The number of aromatic amines is 1. The topological polar surface area (TPSA) is 120 Å². The Bertz CT molecular complexity index is 1240. The molecular weight excluding hydrogens is 394 g/mol. The van der Waals surface area contributed by atoms with Gasteiger partial charge < -0.3 is 10.1 Å². The Labute approximate surface area is 166 Å². The van der Waals surface area contributed by atoms with Gasteiger partial charge in [0.1, 0.15) is 5.56 Å². The number of aromatic nitrogens is 2. The molecule has 8 nitrogen and oxygen atoms in total. The first-order chi connectivity index (χ1) is 13.9. The fraction of sp³-hybridized carbons (Fsp3) is 0.250. The number of piperidine rings is 1. The summed E-state index contributed by atoms with van der Waals surface area (Å²) in [6.45, 7) is 0.367. The summed E-state index contributed by atoms with van der Waals surface area (Å²) >= 11 is 0. The van der Waals surface area contributed by atoms with E-state index in [1.807, 2.05) is 6.07 Å². The Kier molecular flexibility index (Phi) is 4.93. The van der Waals surface area contributed by atoms with E-state index in [2.05, 4.69) is 9.97 Å². The molecule has 1 aromatic carbocycles. The fourth-order valence-electron chi connectivity index (χ4n) is 3.75. The van der Waals surface area contributed by atoms with Gasteiger partial charge in [0.15, 0.2) is 0 Å². The van der Waals surface area contributed by atoms with Crippen molar-refractivity contribution in [1.82, 2.24) is 14.3 Å². The van der Waals surface area contributed by atoms with Crippen LogP contribution in [0, 0.1) is 0 Å². The molecule has 1 aliphatic heterocycles. The molecule has 1 fully saturated rings. The molecule has 1 saturated heterocycles. The number of nitrogens with zero attached hydrogens (tertiary/aromatic N) is 2. The molecule has 1 unspecified atom stereocenters. The Hall–Kier alpha value is -3.04. The highest BCUT2D eigenvalue weighted by atomic mass is 32.2. The number of aromatic carboxylic acids is 1. The molecule has 29 heavy (non-hydrogen) atoms. The van der Waals surface area contributed by atoms with Crippen molar-refractivity contribution < 1.29 is 18.3 Å². The van der Waals surface area contributed by atoms with Gasteiger partial charge in [0.2, 0.25) is 15.5 Å². The molecule has 0 radical (unpaired) electrons. The Morgan fingerprint density at radius 1 is 1.24 bits per heavy atom. The molecule has 0 bridgehead atoms. The molecule has 1 atom stereocenters. The molecular formula is C20H19N3O5S. The fourth-order valence-corrected chi connectivity index (χ4v) is 5.46. The molecule has 0 aliphatic carbocycles. The van der Waals surface area contributed by atoms with Crippen molar-refractivity contribution in [2.24, 2.45) is 0 Å². The third-order valence-electron chi connectivity index (χ3n) is 5.21.